The summed E-state index contributed by atoms with van der Waals surface area (Å²) in [5.74, 6) is 1.45. The molecular weight excluding hydrogens is 454 g/mol. The topological polar surface area (TPSA) is 105 Å². The van der Waals surface area contributed by atoms with Gasteiger partial charge in [-0.1, -0.05) is 51.1 Å². The van der Waals surface area contributed by atoms with Gasteiger partial charge in [0.1, 0.15) is 5.82 Å². The fourth-order valence-electron chi connectivity index (χ4n) is 4.12. The van der Waals surface area contributed by atoms with Crippen molar-refractivity contribution in [3.8, 4) is 22.6 Å². The lowest BCUT2D eigenvalue weighted by atomic mass is 9.90. The molecule has 1 aromatic carbocycles. The third-order valence-corrected chi connectivity index (χ3v) is 7.41. The lowest BCUT2D eigenvalue weighted by Gasteiger charge is -2.18. The standard InChI is InChI=1S/C27H29N7S/c1-27(2,3)24-21(20-11-14-31-34-20)22-23(35-24)26(33-25(32-22)18-9-12-29-13-10-18)30-16-19(28)15-17-7-5-4-6-8-17/h4-14,19H,15-16,28H2,1-3H3,(H,31,34)(H,30,32,33). The van der Waals surface area contributed by atoms with Gasteiger partial charge >= 0.3 is 0 Å². The predicted molar refractivity (Wildman–Crippen MR) is 144 cm³/mol. The van der Waals surface area contributed by atoms with Crippen LogP contribution in [0.15, 0.2) is 67.1 Å². The SMILES string of the molecule is CC(C)(C)c1sc2c(NCC(N)Cc3ccccc3)nc(-c3ccncc3)nc2c1-c1ccn[nH]1. The molecule has 0 bridgehead atoms. The number of rotatable bonds is 7. The number of pyridine rings is 1. The van der Waals surface area contributed by atoms with Crippen LogP contribution in [0.25, 0.3) is 32.9 Å². The number of fused-ring (bicyclic) bond motifs is 1. The molecule has 5 aromatic rings. The molecule has 4 aromatic heterocycles. The Bertz CT molecular complexity index is 1410. The van der Waals surface area contributed by atoms with Crippen LogP contribution in [0.1, 0.15) is 31.2 Å². The van der Waals surface area contributed by atoms with Crippen LogP contribution in [0.4, 0.5) is 5.82 Å². The average Bonchev–Trinajstić information content (AvgIpc) is 3.51. The zero-order valence-corrected chi connectivity index (χ0v) is 20.9. The Morgan fingerprint density at radius 2 is 1.77 bits per heavy atom. The summed E-state index contributed by atoms with van der Waals surface area (Å²) in [5, 5.41) is 10.9. The summed E-state index contributed by atoms with van der Waals surface area (Å²) in [5.41, 5.74) is 11.5. The number of hydrogen-bond acceptors (Lipinski definition) is 7. The van der Waals surface area contributed by atoms with Crippen molar-refractivity contribution in [1.29, 1.82) is 0 Å². The number of nitrogens with zero attached hydrogens (tertiary/aromatic N) is 4. The number of hydrogen-bond donors (Lipinski definition) is 3. The van der Waals surface area contributed by atoms with Gasteiger partial charge in [0.25, 0.3) is 0 Å². The highest BCUT2D eigenvalue weighted by Crippen LogP contribution is 2.45. The van der Waals surface area contributed by atoms with Crippen molar-refractivity contribution >= 4 is 27.4 Å². The minimum atomic E-state index is -0.0797. The maximum Gasteiger partial charge on any atom is 0.162 e. The Labute approximate surface area is 208 Å². The molecule has 4 N–H and O–H groups in total. The Morgan fingerprint density at radius 3 is 2.46 bits per heavy atom. The molecule has 0 aliphatic heterocycles. The molecular formula is C27H29N7S. The van der Waals surface area contributed by atoms with Crippen LogP contribution in [0.5, 0.6) is 0 Å². The smallest absolute Gasteiger partial charge is 0.162 e. The summed E-state index contributed by atoms with van der Waals surface area (Å²) < 4.78 is 1.02. The summed E-state index contributed by atoms with van der Waals surface area (Å²) in [7, 11) is 0. The predicted octanol–water partition coefficient (Wildman–Crippen LogP) is 5.42. The molecule has 0 radical (unpaired) electrons. The zero-order chi connectivity index (χ0) is 24.4. The van der Waals surface area contributed by atoms with Gasteiger partial charge in [0.2, 0.25) is 0 Å². The van der Waals surface area contributed by atoms with Crippen molar-refractivity contribution in [2.45, 2.75) is 38.6 Å². The van der Waals surface area contributed by atoms with Crippen molar-refractivity contribution in [2.75, 3.05) is 11.9 Å². The van der Waals surface area contributed by atoms with Crippen LogP contribution < -0.4 is 11.1 Å². The first-order chi connectivity index (χ1) is 16.9. The van der Waals surface area contributed by atoms with Gasteiger partial charge in [0.15, 0.2) is 5.82 Å². The van der Waals surface area contributed by atoms with Gasteiger partial charge in [0.05, 0.1) is 15.9 Å². The summed E-state index contributed by atoms with van der Waals surface area (Å²) in [6.07, 6.45) is 6.08. The molecule has 0 aliphatic rings. The molecule has 8 heteroatoms. The van der Waals surface area contributed by atoms with Crippen LogP contribution in [-0.4, -0.2) is 37.7 Å². The highest BCUT2D eigenvalue weighted by molar-refractivity contribution is 7.20. The van der Waals surface area contributed by atoms with E-state index in [2.05, 4.69) is 53.4 Å². The van der Waals surface area contributed by atoms with Crippen molar-refractivity contribution in [2.24, 2.45) is 5.73 Å². The highest BCUT2D eigenvalue weighted by atomic mass is 32.1. The molecule has 0 saturated carbocycles. The molecule has 5 rings (SSSR count). The quantitative estimate of drug-likeness (QED) is 0.285. The minimum Gasteiger partial charge on any atom is -0.367 e. The highest BCUT2D eigenvalue weighted by Gasteiger charge is 2.28. The van der Waals surface area contributed by atoms with E-state index in [1.54, 1.807) is 29.9 Å². The van der Waals surface area contributed by atoms with E-state index in [0.29, 0.717) is 12.4 Å². The number of nitrogens with one attached hydrogen (secondary N) is 2. The van der Waals surface area contributed by atoms with E-state index in [-0.39, 0.29) is 11.5 Å². The second-order valence-corrected chi connectivity index (χ2v) is 10.7. The number of aromatic nitrogens is 5. The summed E-state index contributed by atoms with van der Waals surface area (Å²) in [4.78, 5) is 15.4. The van der Waals surface area contributed by atoms with Crippen LogP contribution in [0.2, 0.25) is 0 Å². The van der Waals surface area contributed by atoms with Crippen molar-refractivity contribution in [3.63, 3.8) is 0 Å². The van der Waals surface area contributed by atoms with Gasteiger partial charge in [-0.25, -0.2) is 9.97 Å². The third-order valence-electron chi connectivity index (χ3n) is 5.80. The third kappa shape index (κ3) is 4.94. The van der Waals surface area contributed by atoms with Crippen LogP contribution in [0, 0.1) is 0 Å². The molecule has 0 spiro atoms. The zero-order valence-electron chi connectivity index (χ0n) is 20.1. The van der Waals surface area contributed by atoms with Gasteiger partial charge in [-0.15, -0.1) is 11.3 Å². The number of nitrogens with two attached hydrogens (primary N) is 1. The maximum atomic E-state index is 6.50. The Hall–Kier alpha value is -3.62. The molecule has 7 nitrogen and oxygen atoms in total. The molecule has 0 aliphatic carbocycles. The van der Waals surface area contributed by atoms with E-state index in [9.17, 15) is 0 Å². The first-order valence-electron chi connectivity index (χ1n) is 11.7. The first kappa shape index (κ1) is 23.1. The molecule has 0 amide bonds. The number of benzene rings is 1. The second-order valence-electron chi connectivity index (χ2n) is 9.67. The minimum absolute atomic E-state index is 0.0547. The van der Waals surface area contributed by atoms with Crippen LogP contribution in [0.3, 0.4) is 0 Å². The van der Waals surface area contributed by atoms with E-state index in [0.717, 1.165) is 39.3 Å². The number of thiophene rings is 1. The normalized spacial score (nSPS) is 12.7. The molecule has 0 fully saturated rings. The van der Waals surface area contributed by atoms with E-state index >= 15 is 0 Å². The summed E-state index contributed by atoms with van der Waals surface area (Å²) in [6, 6.07) is 16.1. The molecule has 178 valence electrons. The van der Waals surface area contributed by atoms with E-state index in [1.807, 2.05) is 36.4 Å². The molecule has 1 atom stereocenters. The Balaban J connectivity index is 1.60. The number of anilines is 1. The lowest BCUT2D eigenvalue weighted by Crippen LogP contribution is -2.31. The maximum absolute atomic E-state index is 6.50. The van der Waals surface area contributed by atoms with Crippen molar-refractivity contribution in [1.82, 2.24) is 25.1 Å². The lowest BCUT2D eigenvalue weighted by molar-refractivity contribution is 0.605. The fraction of sp³-hybridized carbons (Fsp3) is 0.259. The second kappa shape index (κ2) is 9.56. The van der Waals surface area contributed by atoms with Crippen LogP contribution in [-0.2, 0) is 11.8 Å². The Kier molecular flexibility index (Phi) is 6.32. The van der Waals surface area contributed by atoms with Gasteiger partial charge in [0, 0.05) is 47.2 Å². The molecule has 0 saturated heterocycles. The van der Waals surface area contributed by atoms with E-state index < -0.39 is 0 Å². The summed E-state index contributed by atoms with van der Waals surface area (Å²) >= 11 is 1.73. The van der Waals surface area contributed by atoms with E-state index in [4.69, 9.17) is 15.7 Å². The van der Waals surface area contributed by atoms with Gasteiger partial charge in [-0.05, 0) is 35.6 Å². The van der Waals surface area contributed by atoms with Gasteiger partial charge in [-0.3, -0.25) is 10.1 Å². The molecule has 35 heavy (non-hydrogen) atoms. The van der Waals surface area contributed by atoms with Crippen molar-refractivity contribution < 1.29 is 0 Å². The molecule has 4 heterocycles. The van der Waals surface area contributed by atoms with Crippen molar-refractivity contribution in [3.05, 3.63) is 77.6 Å². The summed E-state index contributed by atoms with van der Waals surface area (Å²) in [6.45, 7) is 7.26. The Morgan fingerprint density at radius 1 is 1.00 bits per heavy atom. The number of aromatic amines is 1. The first-order valence-corrected chi connectivity index (χ1v) is 12.5. The van der Waals surface area contributed by atoms with Gasteiger partial charge < -0.3 is 11.1 Å². The van der Waals surface area contributed by atoms with Gasteiger partial charge in [-0.2, -0.15) is 5.10 Å². The number of H-pyrrole nitrogens is 1. The monoisotopic (exact) mass is 483 g/mol. The fourth-order valence-corrected chi connectivity index (χ4v) is 5.39. The largest absolute Gasteiger partial charge is 0.367 e. The average molecular weight is 484 g/mol. The van der Waals surface area contributed by atoms with Crippen LogP contribution >= 0.6 is 11.3 Å². The molecule has 1 unspecified atom stereocenters. The van der Waals surface area contributed by atoms with E-state index in [1.165, 1.54) is 10.4 Å².